The third-order valence-electron chi connectivity index (χ3n) is 3.51. The lowest BCUT2D eigenvalue weighted by Gasteiger charge is -2.22. The lowest BCUT2D eigenvalue weighted by Crippen LogP contribution is -2.39. The first-order valence-corrected chi connectivity index (χ1v) is 6.01. The van der Waals surface area contributed by atoms with E-state index in [4.69, 9.17) is 5.26 Å². The lowest BCUT2D eigenvalue weighted by molar-refractivity contribution is -0.126. The van der Waals surface area contributed by atoms with Crippen molar-refractivity contribution in [3.8, 4) is 6.07 Å². The standard InChI is InChI=1S/C12H18N2O/c13-8-11(9-6-7-9)14-12(15)10-4-2-1-3-5-10/h9-11H,1-7H2,(H,14,15)/t11-/m1/s1. The Kier molecular flexibility index (Phi) is 3.25. The molecule has 1 atom stereocenters. The average molecular weight is 206 g/mol. The Bertz CT molecular complexity index is 272. The molecule has 2 rings (SSSR count). The zero-order valence-corrected chi connectivity index (χ0v) is 9.04. The van der Waals surface area contributed by atoms with Gasteiger partial charge in [-0.2, -0.15) is 5.26 Å². The SMILES string of the molecule is N#C[C@@H](NC(=O)C1CCCCC1)C1CC1. The molecular formula is C12H18N2O. The van der Waals surface area contributed by atoms with E-state index < -0.39 is 0 Å². The molecule has 1 amide bonds. The monoisotopic (exact) mass is 206 g/mol. The molecule has 15 heavy (non-hydrogen) atoms. The highest BCUT2D eigenvalue weighted by Gasteiger charge is 2.33. The zero-order valence-electron chi connectivity index (χ0n) is 9.04. The molecule has 0 bridgehead atoms. The fourth-order valence-electron chi connectivity index (χ4n) is 2.32. The van der Waals surface area contributed by atoms with Crippen LogP contribution in [0.3, 0.4) is 0 Å². The summed E-state index contributed by atoms with van der Waals surface area (Å²) in [6, 6.07) is 1.98. The molecular weight excluding hydrogens is 188 g/mol. The van der Waals surface area contributed by atoms with E-state index in [2.05, 4.69) is 11.4 Å². The summed E-state index contributed by atoms with van der Waals surface area (Å²) in [4.78, 5) is 11.8. The van der Waals surface area contributed by atoms with Crippen LogP contribution in [0.2, 0.25) is 0 Å². The molecule has 82 valence electrons. The third-order valence-corrected chi connectivity index (χ3v) is 3.51. The van der Waals surface area contributed by atoms with Gasteiger partial charge in [0, 0.05) is 5.92 Å². The van der Waals surface area contributed by atoms with E-state index in [0.717, 1.165) is 25.7 Å². The van der Waals surface area contributed by atoms with Gasteiger partial charge in [-0.05, 0) is 31.6 Å². The maximum Gasteiger partial charge on any atom is 0.224 e. The molecule has 3 nitrogen and oxygen atoms in total. The molecule has 0 unspecified atom stereocenters. The van der Waals surface area contributed by atoms with Gasteiger partial charge >= 0.3 is 0 Å². The average Bonchev–Trinajstić information content (AvgIpc) is 3.10. The number of hydrogen-bond acceptors (Lipinski definition) is 2. The number of carbonyl (C=O) groups is 1. The molecule has 0 radical (unpaired) electrons. The van der Waals surface area contributed by atoms with E-state index in [9.17, 15) is 4.79 Å². The lowest BCUT2D eigenvalue weighted by atomic mass is 9.88. The summed E-state index contributed by atoms with van der Waals surface area (Å²) in [7, 11) is 0. The Morgan fingerprint density at radius 1 is 1.20 bits per heavy atom. The quantitative estimate of drug-likeness (QED) is 0.767. The molecule has 0 aliphatic heterocycles. The van der Waals surface area contributed by atoms with Crippen LogP contribution >= 0.6 is 0 Å². The molecule has 2 saturated carbocycles. The van der Waals surface area contributed by atoms with Crippen LogP contribution in [0.25, 0.3) is 0 Å². The Morgan fingerprint density at radius 3 is 2.40 bits per heavy atom. The Labute approximate surface area is 90.8 Å². The normalized spacial score (nSPS) is 24.2. The maximum atomic E-state index is 11.8. The summed E-state index contributed by atoms with van der Waals surface area (Å²) in [6.45, 7) is 0. The number of amides is 1. The fraction of sp³-hybridized carbons (Fsp3) is 0.833. The van der Waals surface area contributed by atoms with Gasteiger partial charge in [-0.15, -0.1) is 0 Å². The summed E-state index contributed by atoms with van der Waals surface area (Å²) in [6.07, 6.45) is 7.81. The summed E-state index contributed by atoms with van der Waals surface area (Å²) in [5.41, 5.74) is 0. The molecule has 2 aliphatic rings. The first-order chi connectivity index (χ1) is 7.31. The number of carbonyl (C=O) groups excluding carboxylic acids is 1. The highest BCUT2D eigenvalue weighted by atomic mass is 16.1. The second-order valence-electron chi connectivity index (χ2n) is 4.79. The number of rotatable bonds is 3. The van der Waals surface area contributed by atoms with Crippen molar-refractivity contribution in [2.75, 3.05) is 0 Å². The van der Waals surface area contributed by atoms with E-state index in [0.29, 0.717) is 5.92 Å². The van der Waals surface area contributed by atoms with Crippen LogP contribution in [0, 0.1) is 23.2 Å². The van der Waals surface area contributed by atoms with Crippen LogP contribution in [0.1, 0.15) is 44.9 Å². The van der Waals surface area contributed by atoms with Gasteiger partial charge in [0.15, 0.2) is 0 Å². The Balaban J connectivity index is 1.82. The zero-order chi connectivity index (χ0) is 10.7. The minimum Gasteiger partial charge on any atom is -0.340 e. The van der Waals surface area contributed by atoms with Gasteiger partial charge in [0.1, 0.15) is 6.04 Å². The van der Waals surface area contributed by atoms with Gasteiger partial charge in [0.25, 0.3) is 0 Å². The van der Waals surface area contributed by atoms with Gasteiger partial charge in [0.2, 0.25) is 5.91 Å². The van der Waals surface area contributed by atoms with Crippen LogP contribution in [-0.4, -0.2) is 11.9 Å². The Hall–Kier alpha value is -1.04. The number of hydrogen-bond donors (Lipinski definition) is 1. The van der Waals surface area contributed by atoms with Crippen LogP contribution in [0.4, 0.5) is 0 Å². The molecule has 0 aromatic carbocycles. The molecule has 1 N–H and O–H groups in total. The van der Waals surface area contributed by atoms with Crippen molar-refractivity contribution in [2.24, 2.45) is 11.8 Å². The van der Waals surface area contributed by atoms with Gasteiger partial charge in [-0.25, -0.2) is 0 Å². The highest BCUT2D eigenvalue weighted by Crippen LogP contribution is 2.33. The van der Waals surface area contributed by atoms with Gasteiger partial charge in [-0.3, -0.25) is 4.79 Å². The molecule has 0 saturated heterocycles. The van der Waals surface area contributed by atoms with Gasteiger partial charge in [-0.1, -0.05) is 19.3 Å². The topological polar surface area (TPSA) is 52.9 Å². The molecule has 0 heterocycles. The predicted octanol–water partition coefficient (Wildman–Crippen LogP) is 1.99. The number of nitrogens with one attached hydrogen (secondary N) is 1. The molecule has 3 heteroatoms. The van der Waals surface area contributed by atoms with Crippen LogP contribution in [0.15, 0.2) is 0 Å². The smallest absolute Gasteiger partial charge is 0.224 e. The largest absolute Gasteiger partial charge is 0.340 e. The number of nitrogens with zero attached hydrogens (tertiary/aromatic N) is 1. The second-order valence-corrected chi connectivity index (χ2v) is 4.79. The van der Waals surface area contributed by atoms with Gasteiger partial charge in [0.05, 0.1) is 6.07 Å². The number of nitriles is 1. The first kappa shape index (κ1) is 10.5. The van der Waals surface area contributed by atoms with Crippen molar-refractivity contribution in [3.05, 3.63) is 0 Å². The van der Waals surface area contributed by atoms with Crippen LogP contribution < -0.4 is 5.32 Å². The molecule has 2 fully saturated rings. The third kappa shape index (κ3) is 2.71. The van der Waals surface area contributed by atoms with Gasteiger partial charge < -0.3 is 5.32 Å². The fourth-order valence-corrected chi connectivity index (χ4v) is 2.32. The van der Waals surface area contributed by atoms with E-state index in [1.54, 1.807) is 0 Å². The minimum absolute atomic E-state index is 0.119. The Morgan fingerprint density at radius 2 is 1.87 bits per heavy atom. The summed E-state index contributed by atoms with van der Waals surface area (Å²) >= 11 is 0. The first-order valence-electron chi connectivity index (χ1n) is 6.01. The minimum atomic E-state index is -0.223. The summed E-state index contributed by atoms with van der Waals surface area (Å²) in [5.74, 6) is 0.726. The summed E-state index contributed by atoms with van der Waals surface area (Å²) < 4.78 is 0. The van der Waals surface area contributed by atoms with Crippen LogP contribution in [0.5, 0.6) is 0 Å². The van der Waals surface area contributed by atoms with E-state index >= 15 is 0 Å². The molecule has 0 spiro atoms. The van der Waals surface area contributed by atoms with E-state index in [1.807, 2.05) is 0 Å². The van der Waals surface area contributed by atoms with Crippen molar-refractivity contribution < 1.29 is 4.79 Å². The van der Waals surface area contributed by atoms with Crippen molar-refractivity contribution in [1.29, 1.82) is 5.26 Å². The van der Waals surface area contributed by atoms with E-state index in [-0.39, 0.29) is 17.9 Å². The molecule has 0 aromatic heterocycles. The molecule has 2 aliphatic carbocycles. The second kappa shape index (κ2) is 4.65. The van der Waals surface area contributed by atoms with Crippen molar-refractivity contribution in [3.63, 3.8) is 0 Å². The van der Waals surface area contributed by atoms with E-state index in [1.165, 1.54) is 19.3 Å². The molecule has 0 aromatic rings. The van der Waals surface area contributed by atoms with Crippen molar-refractivity contribution in [2.45, 2.75) is 51.0 Å². The predicted molar refractivity (Wildman–Crippen MR) is 56.8 cm³/mol. The van der Waals surface area contributed by atoms with Crippen LogP contribution in [-0.2, 0) is 4.79 Å². The van der Waals surface area contributed by atoms with Crippen molar-refractivity contribution in [1.82, 2.24) is 5.32 Å². The summed E-state index contributed by atoms with van der Waals surface area (Å²) in [5, 5.41) is 11.8. The maximum absolute atomic E-state index is 11.8. The highest BCUT2D eigenvalue weighted by molar-refractivity contribution is 5.79. The van der Waals surface area contributed by atoms with Crippen molar-refractivity contribution >= 4 is 5.91 Å².